The zero-order valence-electron chi connectivity index (χ0n) is 10.8. The maximum absolute atomic E-state index is 11.8. The molecular formula is C12H20F3NO2. The first kappa shape index (κ1) is 16.9. The normalized spacial score (nSPS) is 13.2. The molecule has 0 radical (unpaired) electrons. The van der Waals surface area contributed by atoms with Crippen LogP contribution in [0.1, 0.15) is 46.0 Å². The van der Waals surface area contributed by atoms with Gasteiger partial charge in [-0.15, -0.1) is 0 Å². The minimum Gasteiger partial charge on any atom is -0.348 e. The predicted octanol–water partition coefficient (Wildman–Crippen LogP) is 2.84. The minimum absolute atomic E-state index is 0.00410. The van der Waals surface area contributed by atoms with Crippen molar-refractivity contribution in [1.29, 1.82) is 0 Å². The Bertz CT molecular complexity index is 277. The molecule has 106 valence electrons. The number of alkyl halides is 3. The Balaban J connectivity index is 3.53. The molecule has 0 aliphatic carbocycles. The molecule has 0 saturated heterocycles. The van der Waals surface area contributed by atoms with Crippen molar-refractivity contribution >= 4 is 11.7 Å². The molecule has 0 spiro atoms. The van der Waals surface area contributed by atoms with Crippen molar-refractivity contribution in [3.63, 3.8) is 0 Å². The molecule has 0 aromatic carbocycles. The molecule has 1 unspecified atom stereocenters. The van der Waals surface area contributed by atoms with Gasteiger partial charge in [0.2, 0.25) is 0 Å². The predicted molar refractivity (Wildman–Crippen MR) is 62.0 cm³/mol. The summed E-state index contributed by atoms with van der Waals surface area (Å²) in [4.78, 5) is 21.9. The van der Waals surface area contributed by atoms with E-state index in [1.165, 1.54) is 0 Å². The Morgan fingerprint density at radius 1 is 1.17 bits per heavy atom. The highest BCUT2D eigenvalue weighted by molar-refractivity contribution is 5.81. The van der Waals surface area contributed by atoms with Gasteiger partial charge in [0.1, 0.15) is 5.78 Å². The van der Waals surface area contributed by atoms with E-state index in [2.05, 4.69) is 0 Å². The van der Waals surface area contributed by atoms with Gasteiger partial charge in [-0.25, -0.2) is 0 Å². The molecule has 0 aromatic rings. The fourth-order valence-corrected chi connectivity index (χ4v) is 1.38. The van der Waals surface area contributed by atoms with E-state index >= 15 is 0 Å². The third kappa shape index (κ3) is 7.29. The fraction of sp³-hybridized carbons (Fsp3) is 0.833. The highest BCUT2D eigenvalue weighted by Gasteiger charge is 2.38. The summed E-state index contributed by atoms with van der Waals surface area (Å²) in [5.41, 5.74) is 0. The van der Waals surface area contributed by atoms with Gasteiger partial charge in [0, 0.05) is 18.9 Å². The highest BCUT2D eigenvalue weighted by Crippen LogP contribution is 2.14. The topological polar surface area (TPSA) is 46.2 Å². The van der Waals surface area contributed by atoms with Crippen LogP contribution in [-0.2, 0) is 9.59 Å². The Morgan fingerprint density at radius 3 is 2.28 bits per heavy atom. The summed E-state index contributed by atoms with van der Waals surface area (Å²) in [6, 6.07) is 0. The van der Waals surface area contributed by atoms with Crippen LogP contribution in [0.25, 0.3) is 0 Å². The van der Waals surface area contributed by atoms with Crippen molar-refractivity contribution < 1.29 is 22.8 Å². The molecule has 0 fully saturated rings. The van der Waals surface area contributed by atoms with Crippen LogP contribution >= 0.6 is 0 Å². The SMILES string of the molecule is CCC(C)C(=O)CCCCCNC(=O)C(F)(F)F. The van der Waals surface area contributed by atoms with Gasteiger partial charge in [0.15, 0.2) is 0 Å². The van der Waals surface area contributed by atoms with Gasteiger partial charge in [-0.2, -0.15) is 13.2 Å². The molecule has 0 rings (SSSR count). The number of hydrogen-bond donors (Lipinski definition) is 1. The van der Waals surface area contributed by atoms with E-state index in [4.69, 9.17) is 0 Å². The van der Waals surface area contributed by atoms with Gasteiger partial charge in [-0.3, -0.25) is 9.59 Å². The first-order chi connectivity index (χ1) is 8.29. The second kappa shape index (κ2) is 8.11. The fourth-order valence-electron chi connectivity index (χ4n) is 1.38. The van der Waals surface area contributed by atoms with Crippen LogP contribution in [0.2, 0.25) is 0 Å². The van der Waals surface area contributed by atoms with E-state index in [0.29, 0.717) is 25.7 Å². The van der Waals surface area contributed by atoms with Crippen molar-refractivity contribution in [3.8, 4) is 0 Å². The standard InChI is InChI=1S/C12H20F3NO2/c1-3-9(2)10(17)7-5-4-6-8-16-11(18)12(13,14)15/h9H,3-8H2,1-2H3,(H,16,18). The minimum atomic E-state index is -4.81. The van der Waals surface area contributed by atoms with E-state index in [9.17, 15) is 22.8 Å². The molecule has 6 heteroatoms. The smallest absolute Gasteiger partial charge is 0.348 e. The monoisotopic (exact) mass is 267 g/mol. The molecule has 0 heterocycles. The quantitative estimate of drug-likeness (QED) is 0.687. The van der Waals surface area contributed by atoms with Gasteiger partial charge in [0.05, 0.1) is 0 Å². The van der Waals surface area contributed by atoms with Crippen LogP contribution in [0.3, 0.4) is 0 Å². The van der Waals surface area contributed by atoms with E-state index in [-0.39, 0.29) is 18.2 Å². The number of unbranched alkanes of at least 4 members (excludes halogenated alkanes) is 2. The maximum atomic E-state index is 11.8. The molecule has 0 bridgehead atoms. The number of carbonyl (C=O) groups excluding carboxylic acids is 2. The molecule has 0 saturated carbocycles. The van der Waals surface area contributed by atoms with E-state index < -0.39 is 12.1 Å². The van der Waals surface area contributed by atoms with Gasteiger partial charge in [0.25, 0.3) is 0 Å². The number of amides is 1. The third-order valence-corrected chi connectivity index (χ3v) is 2.80. The van der Waals surface area contributed by atoms with Gasteiger partial charge >= 0.3 is 12.1 Å². The van der Waals surface area contributed by atoms with Crippen LogP contribution in [0, 0.1) is 5.92 Å². The summed E-state index contributed by atoms with van der Waals surface area (Å²) in [5.74, 6) is -1.66. The van der Waals surface area contributed by atoms with Crippen molar-refractivity contribution in [1.82, 2.24) is 5.32 Å². The summed E-state index contributed by atoms with van der Waals surface area (Å²) in [6.45, 7) is 3.80. The van der Waals surface area contributed by atoms with Crippen molar-refractivity contribution in [2.75, 3.05) is 6.54 Å². The lowest BCUT2D eigenvalue weighted by atomic mass is 9.99. The first-order valence-corrected chi connectivity index (χ1v) is 6.16. The lowest BCUT2D eigenvalue weighted by molar-refractivity contribution is -0.173. The molecule has 1 amide bonds. The zero-order chi connectivity index (χ0) is 14.2. The number of rotatable bonds is 8. The molecule has 0 aromatic heterocycles. The van der Waals surface area contributed by atoms with Gasteiger partial charge in [-0.05, 0) is 19.3 Å². The zero-order valence-corrected chi connectivity index (χ0v) is 10.8. The summed E-state index contributed by atoms with van der Waals surface area (Å²) >= 11 is 0. The molecule has 0 aliphatic heterocycles. The van der Waals surface area contributed by atoms with Crippen molar-refractivity contribution in [3.05, 3.63) is 0 Å². The number of halogens is 3. The van der Waals surface area contributed by atoms with Crippen molar-refractivity contribution in [2.24, 2.45) is 5.92 Å². The average molecular weight is 267 g/mol. The van der Waals surface area contributed by atoms with Crippen LogP contribution in [0.5, 0.6) is 0 Å². The molecule has 0 aliphatic rings. The largest absolute Gasteiger partial charge is 0.471 e. The summed E-state index contributed by atoms with van der Waals surface area (Å²) in [5, 5.41) is 1.80. The molecule has 3 nitrogen and oxygen atoms in total. The average Bonchev–Trinajstić information content (AvgIpc) is 2.30. The summed E-state index contributed by atoms with van der Waals surface area (Å²) in [7, 11) is 0. The summed E-state index contributed by atoms with van der Waals surface area (Å²) in [6.07, 6.45) is -1.80. The molecule has 1 N–H and O–H groups in total. The molecule has 1 atom stereocenters. The lowest BCUT2D eigenvalue weighted by Crippen LogP contribution is -2.37. The number of nitrogens with one attached hydrogen (secondary N) is 1. The number of Topliss-reactive ketones (excluding diaryl/α,β-unsaturated/α-hetero) is 1. The van der Waals surface area contributed by atoms with Crippen molar-refractivity contribution in [2.45, 2.75) is 52.1 Å². The Hall–Kier alpha value is -1.07. The van der Waals surface area contributed by atoms with Crippen LogP contribution < -0.4 is 5.32 Å². The Kier molecular flexibility index (Phi) is 7.62. The van der Waals surface area contributed by atoms with Gasteiger partial charge < -0.3 is 5.32 Å². The van der Waals surface area contributed by atoms with E-state index in [0.717, 1.165) is 6.42 Å². The first-order valence-electron chi connectivity index (χ1n) is 6.16. The second-order valence-electron chi connectivity index (χ2n) is 4.34. The van der Waals surface area contributed by atoms with E-state index in [1.807, 2.05) is 13.8 Å². The van der Waals surface area contributed by atoms with Crippen LogP contribution in [0.4, 0.5) is 13.2 Å². The van der Waals surface area contributed by atoms with Gasteiger partial charge in [-0.1, -0.05) is 20.3 Å². The maximum Gasteiger partial charge on any atom is 0.471 e. The molecular weight excluding hydrogens is 247 g/mol. The lowest BCUT2D eigenvalue weighted by Gasteiger charge is -2.08. The van der Waals surface area contributed by atoms with E-state index in [1.54, 1.807) is 5.32 Å². The number of hydrogen-bond acceptors (Lipinski definition) is 2. The Labute approximate surface area is 105 Å². The summed E-state index contributed by atoms with van der Waals surface area (Å²) < 4.78 is 35.4. The highest BCUT2D eigenvalue weighted by atomic mass is 19.4. The second-order valence-corrected chi connectivity index (χ2v) is 4.34. The number of ketones is 1. The van der Waals surface area contributed by atoms with Crippen LogP contribution in [-0.4, -0.2) is 24.4 Å². The molecule has 18 heavy (non-hydrogen) atoms. The Morgan fingerprint density at radius 2 is 1.78 bits per heavy atom. The third-order valence-electron chi connectivity index (χ3n) is 2.80. The number of carbonyl (C=O) groups is 2. The van der Waals surface area contributed by atoms with Crippen LogP contribution in [0.15, 0.2) is 0 Å².